The van der Waals surface area contributed by atoms with Crippen LogP contribution in [0.3, 0.4) is 0 Å². The molecule has 0 aliphatic heterocycles. The molecule has 1 heterocycles. The van der Waals surface area contributed by atoms with Gasteiger partial charge in [-0.3, -0.25) is 9.59 Å². The van der Waals surface area contributed by atoms with E-state index in [1.54, 1.807) is 37.4 Å². The van der Waals surface area contributed by atoms with Crippen LogP contribution in [-0.2, 0) is 6.42 Å². The van der Waals surface area contributed by atoms with Crippen LogP contribution < -0.4 is 15.4 Å². The number of carbonyl (C=O) groups excluding carboxylic acids is 2. The number of ether oxygens (including phenoxy) is 1. The monoisotopic (exact) mass is 533 g/mol. The minimum Gasteiger partial charge on any atom is -0.490 e. The predicted molar refractivity (Wildman–Crippen MR) is 151 cm³/mol. The highest BCUT2D eigenvalue weighted by molar-refractivity contribution is 6.34. The molecule has 1 unspecified atom stereocenters. The number of H-pyrrole nitrogens is 1. The number of amides is 2. The van der Waals surface area contributed by atoms with Crippen LogP contribution in [0, 0.1) is 0 Å². The highest BCUT2D eigenvalue weighted by Gasteiger charge is 2.29. The Morgan fingerprint density at radius 2 is 1.74 bits per heavy atom. The van der Waals surface area contributed by atoms with Gasteiger partial charge in [0.2, 0.25) is 0 Å². The molecular formula is C30H32ClN3O4. The molecule has 0 aliphatic rings. The summed E-state index contributed by atoms with van der Waals surface area (Å²) in [5.74, 6) is -0.213. The van der Waals surface area contributed by atoms with Crippen molar-refractivity contribution in [1.82, 2.24) is 15.6 Å². The van der Waals surface area contributed by atoms with Crippen LogP contribution in [0.2, 0.25) is 5.02 Å². The van der Waals surface area contributed by atoms with E-state index in [2.05, 4.69) is 15.6 Å². The Morgan fingerprint density at radius 3 is 2.42 bits per heavy atom. The summed E-state index contributed by atoms with van der Waals surface area (Å²) in [6.07, 6.45) is 2.19. The molecule has 0 spiro atoms. The van der Waals surface area contributed by atoms with Crippen LogP contribution in [-0.4, -0.2) is 47.2 Å². The zero-order chi connectivity index (χ0) is 27.4. The number of hydrogen-bond donors (Lipinski definition) is 4. The third-order valence-electron chi connectivity index (χ3n) is 6.38. The van der Waals surface area contributed by atoms with Crippen molar-refractivity contribution in [2.24, 2.45) is 0 Å². The van der Waals surface area contributed by atoms with Crippen LogP contribution in [0.15, 0.2) is 66.9 Å². The number of aromatic amines is 1. The second-order valence-electron chi connectivity index (χ2n) is 9.86. The first-order chi connectivity index (χ1) is 18.1. The fourth-order valence-corrected chi connectivity index (χ4v) is 4.70. The van der Waals surface area contributed by atoms with Crippen molar-refractivity contribution in [3.63, 3.8) is 0 Å². The van der Waals surface area contributed by atoms with Gasteiger partial charge in [0.25, 0.3) is 11.8 Å². The smallest absolute Gasteiger partial charge is 0.255 e. The summed E-state index contributed by atoms with van der Waals surface area (Å²) in [5, 5.41) is 17.3. The molecule has 4 aromatic rings. The van der Waals surface area contributed by atoms with Gasteiger partial charge < -0.3 is 25.5 Å². The van der Waals surface area contributed by atoms with Crippen LogP contribution in [0.4, 0.5) is 0 Å². The molecule has 4 rings (SSSR count). The first-order valence-electron chi connectivity index (χ1n) is 12.4. The van der Waals surface area contributed by atoms with Gasteiger partial charge in [-0.15, -0.1) is 0 Å². The Balaban J connectivity index is 1.66. The van der Waals surface area contributed by atoms with Gasteiger partial charge in [0.15, 0.2) is 0 Å². The zero-order valence-corrected chi connectivity index (χ0v) is 22.6. The molecule has 38 heavy (non-hydrogen) atoms. The molecule has 0 aliphatic carbocycles. The van der Waals surface area contributed by atoms with Crippen LogP contribution in [0.5, 0.6) is 5.75 Å². The van der Waals surface area contributed by atoms with E-state index in [1.165, 1.54) is 0 Å². The third-order valence-corrected chi connectivity index (χ3v) is 6.69. The van der Waals surface area contributed by atoms with Crippen molar-refractivity contribution in [2.45, 2.75) is 38.8 Å². The topological polar surface area (TPSA) is 103 Å². The van der Waals surface area contributed by atoms with E-state index in [0.29, 0.717) is 28.3 Å². The van der Waals surface area contributed by atoms with Gasteiger partial charge in [0.05, 0.1) is 34.4 Å². The van der Waals surface area contributed by atoms with Crippen molar-refractivity contribution >= 4 is 34.3 Å². The Bertz CT molecular complexity index is 1480. The summed E-state index contributed by atoms with van der Waals surface area (Å²) in [5.41, 5.74) is 3.25. The summed E-state index contributed by atoms with van der Waals surface area (Å²) in [6, 6.07) is 18.4. The van der Waals surface area contributed by atoms with Gasteiger partial charge in [0.1, 0.15) is 5.75 Å². The number of nitrogens with one attached hydrogen (secondary N) is 3. The molecule has 198 valence electrons. The second kappa shape index (κ2) is 11.3. The van der Waals surface area contributed by atoms with Crippen LogP contribution in [0.25, 0.3) is 22.0 Å². The number of benzene rings is 3. The Kier molecular flexibility index (Phi) is 8.09. The van der Waals surface area contributed by atoms with E-state index in [9.17, 15) is 14.7 Å². The summed E-state index contributed by atoms with van der Waals surface area (Å²) in [4.78, 5) is 28.9. The van der Waals surface area contributed by atoms with Crippen molar-refractivity contribution < 1.29 is 19.4 Å². The molecule has 7 nitrogen and oxygen atoms in total. The average molecular weight is 534 g/mol. The molecule has 0 saturated carbocycles. The zero-order valence-electron chi connectivity index (χ0n) is 21.9. The fraction of sp³-hybridized carbons (Fsp3) is 0.267. The van der Waals surface area contributed by atoms with Gasteiger partial charge in [-0.25, -0.2) is 0 Å². The second-order valence-corrected chi connectivity index (χ2v) is 10.3. The molecule has 4 N–H and O–H groups in total. The summed E-state index contributed by atoms with van der Waals surface area (Å²) in [7, 11) is 1.55. The lowest BCUT2D eigenvalue weighted by Gasteiger charge is -2.29. The SMILES string of the molecule is CNC(=O)c1ccc(-c2ccc(OC(C)C)c(C(=O)NC(C)(CO)Cc3c[nH]c4ccccc34)c2)cc1Cl. The molecule has 2 amide bonds. The average Bonchev–Trinajstić information content (AvgIpc) is 3.30. The number of fused-ring (bicyclic) bond motifs is 1. The van der Waals surface area contributed by atoms with Gasteiger partial charge >= 0.3 is 0 Å². The molecule has 0 saturated heterocycles. The normalized spacial score (nSPS) is 12.8. The molecule has 0 fully saturated rings. The minimum absolute atomic E-state index is 0.149. The quantitative estimate of drug-likeness (QED) is 0.232. The van der Waals surface area contributed by atoms with Crippen LogP contribution >= 0.6 is 11.6 Å². The minimum atomic E-state index is -0.925. The number of halogens is 1. The molecular weight excluding hydrogens is 502 g/mol. The summed E-state index contributed by atoms with van der Waals surface area (Å²) < 4.78 is 5.95. The highest BCUT2D eigenvalue weighted by Crippen LogP contribution is 2.31. The maximum atomic E-state index is 13.7. The van der Waals surface area contributed by atoms with E-state index < -0.39 is 5.54 Å². The number of rotatable bonds is 9. The maximum absolute atomic E-state index is 13.7. The number of para-hydroxylation sites is 1. The molecule has 1 atom stereocenters. The van der Waals surface area contributed by atoms with Crippen molar-refractivity contribution in [1.29, 1.82) is 0 Å². The first kappa shape index (κ1) is 27.2. The van der Waals surface area contributed by atoms with Gasteiger partial charge in [-0.05, 0) is 74.2 Å². The van der Waals surface area contributed by atoms with E-state index in [1.807, 2.05) is 57.3 Å². The largest absolute Gasteiger partial charge is 0.490 e. The van der Waals surface area contributed by atoms with Gasteiger partial charge in [0, 0.05) is 24.1 Å². The number of hydrogen-bond acceptors (Lipinski definition) is 4. The standard InChI is InChI=1S/C30H32ClN3O4/c1-18(2)38-27-12-10-19(20-9-11-23(25(31)14-20)28(36)32-4)13-24(27)29(37)34-30(3,17-35)15-21-16-33-26-8-6-5-7-22(21)26/h5-14,16,18,33,35H,15,17H2,1-4H3,(H,32,36)(H,34,37). The van der Waals surface area contributed by atoms with Crippen molar-refractivity contribution in [2.75, 3.05) is 13.7 Å². The summed E-state index contributed by atoms with van der Waals surface area (Å²) in [6.45, 7) is 5.34. The van der Waals surface area contributed by atoms with E-state index >= 15 is 0 Å². The molecule has 3 aromatic carbocycles. The lowest BCUT2D eigenvalue weighted by atomic mass is 9.92. The number of aromatic nitrogens is 1. The predicted octanol–water partition coefficient (Wildman–Crippen LogP) is 5.36. The lowest BCUT2D eigenvalue weighted by Crippen LogP contribution is -2.50. The van der Waals surface area contributed by atoms with Crippen molar-refractivity contribution in [3.05, 3.63) is 88.6 Å². The first-order valence-corrected chi connectivity index (χ1v) is 12.8. The molecule has 8 heteroatoms. The van der Waals surface area contributed by atoms with E-state index in [0.717, 1.165) is 27.6 Å². The van der Waals surface area contributed by atoms with Crippen molar-refractivity contribution in [3.8, 4) is 16.9 Å². The van der Waals surface area contributed by atoms with Gasteiger partial charge in [-0.2, -0.15) is 0 Å². The number of carbonyl (C=O) groups is 2. The molecule has 1 aromatic heterocycles. The Hall–Kier alpha value is -3.81. The van der Waals surface area contributed by atoms with E-state index in [4.69, 9.17) is 16.3 Å². The Labute approximate surface area is 227 Å². The number of aliphatic hydroxyl groups is 1. The lowest BCUT2D eigenvalue weighted by molar-refractivity contribution is 0.0846. The number of aliphatic hydroxyl groups excluding tert-OH is 1. The van der Waals surface area contributed by atoms with E-state index in [-0.39, 0.29) is 24.5 Å². The molecule has 0 radical (unpaired) electrons. The summed E-state index contributed by atoms with van der Waals surface area (Å²) >= 11 is 6.38. The highest BCUT2D eigenvalue weighted by atomic mass is 35.5. The van der Waals surface area contributed by atoms with Crippen LogP contribution in [0.1, 0.15) is 47.1 Å². The Morgan fingerprint density at radius 1 is 1.03 bits per heavy atom. The van der Waals surface area contributed by atoms with Gasteiger partial charge in [-0.1, -0.05) is 41.9 Å². The fourth-order valence-electron chi connectivity index (χ4n) is 4.44. The maximum Gasteiger partial charge on any atom is 0.255 e. The molecule has 0 bridgehead atoms. The third kappa shape index (κ3) is 5.85.